The molecule has 1 heterocycles. The summed E-state index contributed by atoms with van der Waals surface area (Å²) < 4.78 is 27.2. The molecule has 0 aromatic heterocycles. The van der Waals surface area contributed by atoms with Crippen molar-refractivity contribution in [2.45, 2.75) is 0 Å². The number of benzene rings is 2. The quantitative estimate of drug-likeness (QED) is 0.936. The molecule has 0 unspecified atom stereocenters. The van der Waals surface area contributed by atoms with Gasteiger partial charge in [0.2, 0.25) is 0 Å². The Kier molecular flexibility index (Phi) is 4.33. The van der Waals surface area contributed by atoms with E-state index in [0.29, 0.717) is 11.1 Å². The Balaban J connectivity index is 1.72. The minimum absolute atomic E-state index is 0.304. The van der Waals surface area contributed by atoms with Gasteiger partial charge in [0.1, 0.15) is 18.0 Å². The van der Waals surface area contributed by atoms with Crippen molar-refractivity contribution in [2.24, 2.45) is 5.10 Å². The molecule has 0 fully saturated rings. The van der Waals surface area contributed by atoms with Gasteiger partial charge in [0.15, 0.2) is 0 Å². The third kappa shape index (κ3) is 3.55. The second-order valence-corrected chi connectivity index (χ2v) is 4.74. The zero-order valence-corrected chi connectivity index (χ0v) is 12.1. The SMILES string of the molecule is Fc1ccccc1/C=C/N1C=NNN1/C=C/c1ccccc1F. The molecule has 4 nitrogen and oxygen atoms in total. The van der Waals surface area contributed by atoms with Gasteiger partial charge >= 0.3 is 0 Å². The number of hydrazone groups is 1. The zero-order chi connectivity index (χ0) is 16.1. The van der Waals surface area contributed by atoms with Crippen LogP contribution in [0.4, 0.5) is 8.78 Å². The highest BCUT2D eigenvalue weighted by molar-refractivity contribution is 5.61. The third-order valence-corrected chi connectivity index (χ3v) is 3.20. The largest absolute Gasteiger partial charge is 0.228 e. The molecule has 0 saturated heterocycles. The molecule has 0 aliphatic carbocycles. The molecule has 2 aromatic carbocycles. The number of nitrogens with one attached hydrogen (secondary N) is 1. The first kappa shape index (κ1) is 14.8. The number of hydrogen-bond acceptors (Lipinski definition) is 4. The molecule has 0 atom stereocenters. The van der Waals surface area contributed by atoms with E-state index in [1.54, 1.807) is 66.0 Å². The summed E-state index contributed by atoms with van der Waals surface area (Å²) >= 11 is 0. The maximum absolute atomic E-state index is 13.6. The van der Waals surface area contributed by atoms with Crippen LogP contribution in [0.2, 0.25) is 0 Å². The van der Waals surface area contributed by atoms with E-state index < -0.39 is 0 Å². The van der Waals surface area contributed by atoms with Gasteiger partial charge in [-0.2, -0.15) is 10.7 Å². The molecular formula is C17H14F2N4. The predicted molar refractivity (Wildman–Crippen MR) is 86.2 cm³/mol. The van der Waals surface area contributed by atoms with E-state index >= 15 is 0 Å². The lowest BCUT2D eigenvalue weighted by atomic mass is 10.2. The number of halogens is 2. The fraction of sp³-hybridized carbons (Fsp3) is 0. The van der Waals surface area contributed by atoms with Gasteiger partial charge in [-0.3, -0.25) is 0 Å². The standard InChI is InChI=1S/C17H14F2N4/c18-16-7-3-1-5-14(16)9-11-22-13-20-21-23(22)12-10-15-6-2-4-8-17(15)19/h1-13,21H/b11-9+,12-10+. The van der Waals surface area contributed by atoms with Crippen molar-refractivity contribution in [3.8, 4) is 0 Å². The first-order valence-corrected chi connectivity index (χ1v) is 6.96. The number of rotatable bonds is 4. The van der Waals surface area contributed by atoms with E-state index in [-0.39, 0.29) is 11.6 Å². The van der Waals surface area contributed by atoms with Gasteiger partial charge in [-0.05, 0) is 24.3 Å². The molecule has 23 heavy (non-hydrogen) atoms. The molecule has 0 saturated carbocycles. The Hall–Kier alpha value is -3.15. The van der Waals surface area contributed by atoms with Crippen molar-refractivity contribution >= 4 is 18.5 Å². The summed E-state index contributed by atoms with van der Waals surface area (Å²) in [6.45, 7) is 0. The van der Waals surface area contributed by atoms with Crippen molar-refractivity contribution in [3.05, 3.63) is 83.7 Å². The molecule has 0 spiro atoms. The number of hydrogen-bond donors (Lipinski definition) is 1. The number of hydrazine groups is 2. The molecule has 1 aliphatic heterocycles. The second kappa shape index (κ2) is 6.74. The highest BCUT2D eigenvalue weighted by Crippen LogP contribution is 2.12. The summed E-state index contributed by atoms with van der Waals surface area (Å²) in [6.07, 6.45) is 8.02. The van der Waals surface area contributed by atoms with Crippen LogP contribution in [-0.2, 0) is 0 Å². The predicted octanol–water partition coefficient (Wildman–Crippen LogP) is 3.59. The summed E-state index contributed by atoms with van der Waals surface area (Å²) in [5, 5.41) is 7.03. The second-order valence-electron chi connectivity index (χ2n) is 4.74. The van der Waals surface area contributed by atoms with Crippen molar-refractivity contribution < 1.29 is 8.78 Å². The smallest absolute Gasteiger partial charge is 0.138 e. The van der Waals surface area contributed by atoms with E-state index in [1.165, 1.54) is 23.6 Å². The van der Waals surface area contributed by atoms with Gasteiger partial charge < -0.3 is 0 Å². The molecule has 0 radical (unpaired) electrons. The lowest BCUT2D eigenvalue weighted by Crippen LogP contribution is -2.34. The first-order valence-electron chi connectivity index (χ1n) is 6.96. The molecule has 0 bridgehead atoms. The zero-order valence-electron chi connectivity index (χ0n) is 12.1. The van der Waals surface area contributed by atoms with Gasteiger partial charge in [0, 0.05) is 23.5 Å². The summed E-state index contributed by atoms with van der Waals surface area (Å²) in [5.74, 6) is -0.612. The minimum Gasteiger partial charge on any atom is -0.228 e. The van der Waals surface area contributed by atoms with Crippen LogP contribution in [0.1, 0.15) is 11.1 Å². The minimum atomic E-state index is -0.308. The third-order valence-electron chi connectivity index (χ3n) is 3.20. The molecule has 3 rings (SSSR count). The lowest BCUT2D eigenvalue weighted by Gasteiger charge is -2.21. The van der Waals surface area contributed by atoms with Crippen LogP contribution in [0, 0.1) is 11.6 Å². The van der Waals surface area contributed by atoms with E-state index in [4.69, 9.17) is 0 Å². The lowest BCUT2D eigenvalue weighted by molar-refractivity contribution is 0.129. The highest BCUT2D eigenvalue weighted by Gasteiger charge is 2.10. The monoisotopic (exact) mass is 312 g/mol. The van der Waals surface area contributed by atoms with E-state index in [1.807, 2.05) is 0 Å². The maximum atomic E-state index is 13.6. The average molecular weight is 312 g/mol. The van der Waals surface area contributed by atoms with Crippen LogP contribution in [0.3, 0.4) is 0 Å². The molecule has 116 valence electrons. The van der Waals surface area contributed by atoms with Gasteiger partial charge in [-0.1, -0.05) is 36.4 Å². The van der Waals surface area contributed by atoms with Crippen LogP contribution in [0.5, 0.6) is 0 Å². The summed E-state index contributed by atoms with van der Waals surface area (Å²) in [7, 11) is 0. The molecule has 1 N–H and O–H groups in total. The fourth-order valence-corrected chi connectivity index (χ4v) is 2.00. The Bertz CT molecular complexity index is 771. The summed E-state index contributed by atoms with van der Waals surface area (Å²) in [6, 6.07) is 12.9. The Morgan fingerprint density at radius 2 is 1.39 bits per heavy atom. The van der Waals surface area contributed by atoms with Crippen LogP contribution < -0.4 is 5.53 Å². The first-order chi connectivity index (χ1) is 11.2. The van der Waals surface area contributed by atoms with E-state index in [2.05, 4.69) is 10.6 Å². The normalized spacial score (nSPS) is 14.2. The average Bonchev–Trinajstić information content (AvgIpc) is 3.01. The Labute approximate surface area is 132 Å². The topological polar surface area (TPSA) is 30.9 Å². The van der Waals surface area contributed by atoms with Gasteiger partial charge in [0.25, 0.3) is 0 Å². The Morgan fingerprint density at radius 1 is 0.826 bits per heavy atom. The molecule has 2 aromatic rings. The van der Waals surface area contributed by atoms with Gasteiger partial charge in [-0.25, -0.2) is 13.8 Å². The van der Waals surface area contributed by atoms with Crippen molar-refractivity contribution in [2.75, 3.05) is 0 Å². The van der Waals surface area contributed by atoms with E-state index in [0.717, 1.165) is 0 Å². The molecule has 6 heteroatoms. The highest BCUT2D eigenvalue weighted by atomic mass is 19.1. The van der Waals surface area contributed by atoms with Crippen LogP contribution >= 0.6 is 0 Å². The van der Waals surface area contributed by atoms with Gasteiger partial charge in [0.05, 0.1) is 0 Å². The maximum Gasteiger partial charge on any atom is 0.138 e. The number of nitrogens with zero attached hydrogens (tertiary/aromatic N) is 3. The van der Waals surface area contributed by atoms with Crippen molar-refractivity contribution in [1.82, 2.24) is 15.7 Å². The Morgan fingerprint density at radius 3 is 2.00 bits per heavy atom. The summed E-state index contributed by atoms with van der Waals surface area (Å²) in [5.41, 5.74) is 3.64. The molecule has 1 aliphatic rings. The van der Waals surface area contributed by atoms with Crippen molar-refractivity contribution in [1.29, 1.82) is 0 Å². The fourth-order valence-electron chi connectivity index (χ4n) is 2.00. The van der Waals surface area contributed by atoms with Crippen LogP contribution in [-0.4, -0.2) is 16.5 Å². The molecule has 0 amide bonds. The molecular weight excluding hydrogens is 298 g/mol. The van der Waals surface area contributed by atoms with E-state index in [9.17, 15) is 8.78 Å². The van der Waals surface area contributed by atoms with Crippen LogP contribution in [0.25, 0.3) is 12.2 Å². The van der Waals surface area contributed by atoms with Crippen LogP contribution in [0.15, 0.2) is 66.0 Å². The van der Waals surface area contributed by atoms with Crippen molar-refractivity contribution in [3.63, 3.8) is 0 Å². The summed E-state index contributed by atoms with van der Waals surface area (Å²) in [4.78, 5) is 0. The van der Waals surface area contributed by atoms with Gasteiger partial charge in [-0.15, -0.1) is 5.10 Å².